The first-order valence-corrected chi connectivity index (χ1v) is 7.21. The van der Waals surface area contributed by atoms with Crippen molar-refractivity contribution >= 4 is 6.09 Å². The lowest BCUT2D eigenvalue weighted by molar-refractivity contribution is -0.00186. The number of ether oxygens (including phenoxy) is 1. The molecule has 0 spiro atoms. The molecule has 6 nitrogen and oxygen atoms in total. The molecular formula is C14H21N3O3. The number of nitrogens with zero attached hydrogens (tertiary/aromatic N) is 3. The van der Waals surface area contributed by atoms with E-state index >= 15 is 0 Å². The standard InChI is InChI=1S/C14H21N3O3/c1-14(2,3)19-13(18)17-7-9(8-17)6-11-15-12(16-20-11)10-4-5-10/h9-10H,4-8H2,1-3H3. The number of hydrogen-bond acceptors (Lipinski definition) is 5. The Morgan fingerprint density at radius 3 is 2.70 bits per heavy atom. The van der Waals surface area contributed by atoms with Crippen LogP contribution in [0.1, 0.15) is 51.2 Å². The topological polar surface area (TPSA) is 68.5 Å². The van der Waals surface area contributed by atoms with Crippen LogP contribution in [0.15, 0.2) is 4.52 Å². The second-order valence-electron chi connectivity index (χ2n) is 6.78. The van der Waals surface area contributed by atoms with E-state index in [1.54, 1.807) is 4.90 Å². The third kappa shape index (κ3) is 3.11. The molecule has 110 valence electrons. The van der Waals surface area contributed by atoms with Crippen LogP contribution < -0.4 is 0 Å². The summed E-state index contributed by atoms with van der Waals surface area (Å²) in [6, 6.07) is 0. The van der Waals surface area contributed by atoms with Crippen LogP contribution in [0.4, 0.5) is 4.79 Å². The summed E-state index contributed by atoms with van der Waals surface area (Å²) in [5.74, 6) is 2.46. The number of amides is 1. The number of aromatic nitrogens is 2. The Kier molecular flexibility index (Phi) is 3.18. The highest BCUT2D eigenvalue weighted by Crippen LogP contribution is 2.38. The van der Waals surface area contributed by atoms with Crippen LogP contribution >= 0.6 is 0 Å². The number of carbonyl (C=O) groups is 1. The molecule has 0 N–H and O–H groups in total. The number of likely N-dealkylation sites (tertiary alicyclic amines) is 1. The van der Waals surface area contributed by atoms with Crippen molar-refractivity contribution in [1.82, 2.24) is 15.0 Å². The monoisotopic (exact) mass is 279 g/mol. The van der Waals surface area contributed by atoms with Crippen LogP contribution in [0.3, 0.4) is 0 Å². The Balaban J connectivity index is 1.44. The van der Waals surface area contributed by atoms with E-state index < -0.39 is 5.60 Å². The fourth-order valence-electron chi connectivity index (χ4n) is 2.28. The van der Waals surface area contributed by atoms with Gasteiger partial charge in [0.25, 0.3) is 0 Å². The van der Waals surface area contributed by atoms with Crippen LogP contribution in [-0.4, -0.2) is 39.8 Å². The average Bonchev–Trinajstić information content (AvgIpc) is 3.01. The van der Waals surface area contributed by atoms with E-state index in [0.717, 1.165) is 12.2 Å². The molecule has 1 aromatic heterocycles. The highest BCUT2D eigenvalue weighted by atomic mass is 16.6. The minimum absolute atomic E-state index is 0.238. The fraction of sp³-hybridized carbons (Fsp3) is 0.786. The van der Waals surface area contributed by atoms with Gasteiger partial charge in [0.2, 0.25) is 5.89 Å². The molecule has 0 aromatic carbocycles. The van der Waals surface area contributed by atoms with E-state index in [4.69, 9.17) is 9.26 Å². The van der Waals surface area contributed by atoms with Crippen molar-refractivity contribution in [2.45, 2.75) is 51.6 Å². The van der Waals surface area contributed by atoms with Crippen LogP contribution in [0.2, 0.25) is 0 Å². The summed E-state index contributed by atoms with van der Waals surface area (Å²) in [4.78, 5) is 17.9. The van der Waals surface area contributed by atoms with Crippen molar-refractivity contribution < 1.29 is 14.1 Å². The normalized spacial score (nSPS) is 19.9. The van der Waals surface area contributed by atoms with Gasteiger partial charge in [0.15, 0.2) is 5.82 Å². The van der Waals surface area contributed by atoms with Gasteiger partial charge in [0, 0.05) is 31.3 Å². The summed E-state index contributed by atoms with van der Waals surface area (Å²) in [5, 5.41) is 4.00. The number of hydrogen-bond donors (Lipinski definition) is 0. The zero-order valence-electron chi connectivity index (χ0n) is 12.3. The summed E-state index contributed by atoms with van der Waals surface area (Å²) in [7, 11) is 0. The maximum Gasteiger partial charge on any atom is 0.410 e. The Morgan fingerprint density at radius 1 is 1.40 bits per heavy atom. The molecule has 20 heavy (non-hydrogen) atoms. The summed E-state index contributed by atoms with van der Waals surface area (Å²) < 4.78 is 10.6. The third-order valence-electron chi connectivity index (χ3n) is 3.50. The van der Waals surface area contributed by atoms with Gasteiger partial charge in [-0.25, -0.2) is 4.79 Å². The molecule has 2 heterocycles. The van der Waals surface area contributed by atoms with Gasteiger partial charge >= 0.3 is 6.09 Å². The molecule has 1 aromatic rings. The minimum Gasteiger partial charge on any atom is -0.444 e. The van der Waals surface area contributed by atoms with Gasteiger partial charge in [-0.2, -0.15) is 4.98 Å². The summed E-state index contributed by atoms with van der Waals surface area (Å²) >= 11 is 0. The maximum absolute atomic E-state index is 11.8. The Morgan fingerprint density at radius 2 is 2.10 bits per heavy atom. The van der Waals surface area contributed by atoms with Crippen molar-refractivity contribution in [1.29, 1.82) is 0 Å². The lowest BCUT2D eigenvalue weighted by atomic mass is 9.97. The predicted octanol–water partition coefficient (Wildman–Crippen LogP) is 2.36. The van der Waals surface area contributed by atoms with E-state index in [0.29, 0.717) is 30.8 Å². The molecular weight excluding hydrogens is 258 g/mol. The van der Waals surface area contributed by atoms with Crippen LogP contribution in [-0.2, 0) is 11.2 Å². The van der Waals surface area contributed by atoms with E-state index in [9.17, 15) is 4.79 Å². The first-order chi connectivity index (χ1) is 9.40. The maximum atomic E-state index is 11.8. The fourth-order valence-corrected chi connectivity index (χ4v) is 2.28. The summed E-state index contributed by atoms with van der Waals surface area (Å²) in [6.07, 6.45) is 2.86. The Hall–Kier alpha value is -1.59. The average molecular weight is 279 g/mol. The molecule has 1 saturated heterocycles. The molecule has 0 bridgehead atoms. The third-order valence-corrected chi connectivity index (χ3v) is 3.50. The molecule has 0 atom stereocenters. The van der Waals surface area contributed by atoms with Gasteiger partial charge in [-0.05, 0) is 33.6 Å². The largest absolute Gasteiger partial charge is 0.444 e. The van der Waals surface area contributed by atoms with Crippen LogP contribution in [0, 0.1) is 5.92 Å². The molecule has 1 amide bonds. The number of carbonyl (C=O) groups excluding carboxylic acids is 1. The van der Waals surface area contributed by atoms with Crippen molar-refractivity contribution in [3.05, 3.63) is 11.7 Å². The highest BCUT2D eigenvalue weighted by molar-refractivity contribution is 5.69. The quantitative estimate of drug-likeness (QED) is 0.849. The van der Waals surface area contributed by atoms with E-state index in [1.807, 2.05) is 20.8 Å². The van der Waals surface area contributed by atoms with Gasteiger partial charge in [-0.1, -0.05) is 5.16 Å². The van der Waals surface area contributed by atoms with Gasteiger partial charge in [0.05, 0.1) is 0 Å². The Labute approximate surface area is 118 Å². The van der Waals surface area contributed by atoms with Crippen molar-refractivity contribution in [3.8, 4) is 0 Å². The molecule has 6 heteroatoms. The van der Waals surface area contributed by atoms with Gasteiger partial charge in [-0.3, -0.25) is 0 Å². The molecule has 2 fully saturated rings. The first kappa shape index (κ1) is 13.4. The van der Waals surface area contributed by atoms with Crippen molar-refractivity contribution in [3.63, 3.8) is 0 Å². The number of rotatable bonds is 3. The minimum atomic E-state index is -0.437. The van der Waals surface area contributed by atoms with Crippen molar-refractivity contribution in [2.75, 3.05) is 13.1 Å². The molecule has 2 aliphatic rings. The van der Waals surface area contributed by atoms with Gasteiger partial charge < -0.3 is 14.2 Å². The van der Waals surface area contributed by atoms with E-state index in [2.05, 4.69) is 10.1 Å². The highest BCUT2D eigenvalue weighted by Gasteiger charge is 2.35. The summed E-state index contributed by atoms with van der Waals surface area (Å²) in [6.45, 7) is 7.03. The predicted molar refractivity (Wildman–Crippen MR) is 71.3 cm³/mol. The Bertz CT molecular complexity index is 496. The van der Waals surface area contributed by atoms with E-state index in [1.165, 1.54) is 12.8 Å². The zero-order chi connectivity index (χ0) is 14.3. The smallest absolute Gasteiger partial charge is 0.410 e. The van der Waals surface area contributed by atoms with Gasteiger partial charge in [-0.15, -0.1) is 0 Å². The SMILES string of the molecule is CC(C)(C)OC(=O)N1CC(Cc2nc(C3CC3)no2)C1. The molecule has 1 aliphatic carbocycles. The van der Waals surface area contributed by atoms with Crippen LogP contribution in [0.5, 0.6) is 0 Å². The second-order valence-corrected chi connectivity index (χ2v) is 6.78. The van der Waals surface area contributed by atoms with Gasteiger partial charge in [0.1, 0.15) is 5.60 Å². The molecule has 0 unspecified atom stereocenters. The van der Waals surface area contributed by atoms with E-state index in [-0.39, 0.29) is 6.09 Å². The first-order valence-electron chi connectivity index (χ1n) is 7.21. The summed E-state index contributed by atoms with van der Waals surface area (Å²) in [5.41, 5.74) is -0.437. The molecule has 3 rings (SSSR count). The second kappa shape index (κ2) is 4.75. The molecule has 1 saturated carbocycles. The lowest BCUT2D eigenvalue weighted by Gasteiger charge is -2.39. The molecule has 1 aliphatic heterocycles. The van der Waals surface area contributed by atoms with Crippen molar-refractivity contribution in [2.24, 2.45) is 5.92 Å². The zero-order valence-corrected chi connectivity index (χ0v) is 12.3. The lowest BCUT2D eigenvalue weighted by Crippen LogP contribution is -2.52. The molecule has 0 radical (unpaired) electrons. The van der Waals surface area contributed by atoms with Crippen LogP contribution in [0.25, 0.3) is 0 Å².